The normalized spacial score (nSPS) is 26.1. The van der Waals surface area contributed by atoms with Gasteiger partial charge in [-0.1, -0.05) is 20.8 Å². The molecule has 0 saturated carbocycles. The molecule has 1 saturated heterocycles. The highest BCUT2D eigenvalue weighted by molar-refractivity contribution is 5.82. The van der Waals surface area contributed by atoms with E-state index in [1.807, 2.05) is 10.9 Å². The summed E-state index contributed by atoms with van der Waals surface area (Å²) in [5.74, 6) is -0.245. The van der Waals surface area contributed by atoms with Crippen molar-refractivity contribution in [2.75, 3.05) is 0 Å². The van der Waals surface area contributed by atoms with Crippen LogP contribution in [0.2, 0.25) is 0 Å². The molecule has 1 aromatic heterocycles. The fourth-order valence-electron chi connectivity index (χ4n) is 4.31. The molecule has 2 aliphatic rings. The van der Waals surface area contributed by atoms with Crippen molar-refractivity contribution in [1.29, 1.82) is 0 Å². The molecule has 3 unspecified atom stereocenters. The minimum atomic E-state index is -0.265. The summed E-state index contributed by atoms with van der Waals surface area (Å²) in [5, 5.41) is 7.80. The average Bonchev–Trinajstić information content (AvgIpc) is 3.28. The highest BCUT2D eigenvalue weighted by Gasteiger charge is 2.37. The topological polar surface area (TPSA) is 71.0 Å². The van der Waals surface area contributed by atoms with Crippen molar-refractivity contribution in [1.82, 2.24) is 25.9 Å². The smallest absolute Gasteiger partial charge is 0.239 e. The fourth-order valence-corrected chi connectivity index (χ4v) is 4.31. The van der Waals surface area contributed by atoms with Gasteiger partial charge in [-0.05, 0) is 55.4 Å². The Morgan fingerprint density at radius 1 is 1.32 bits per heavy atom. The second kappa shape index (κ2) is 7.29. The third-order valence-electron chi connectivity index (χ3n) is 5.86. The van der Waals surface area contributed by atoms with Crippen LogP contribution < -0.4 is 16.2 Å². The number of benzene rings is 1. The summed E-state index contributed by atoms with van der Waals surface area (Å²) >= 11 is 0. The van der Waals surface area contributed by atoms with Crippen LogP contribution in [-0.2, 0) is 11.2 Å². The van der Waals surface area contributed by atoms with Gasteiger partial charge in [0.05, 0.1) is 23.6 Å². The third kappa shape index (κ3) is 3.69. The molecule has 2 heterocycles. The van der Waals surface area contributed by atoms with E-state index in [-0.39, 0.29) is 29.2 Å². The number of amides is 1. The minimum absolute atomic E-state index is 0.0200. The van der Waals surface area contributed by atoms with Crippen molar-refractivity contribution in [3.63, 3.8) is 0 Å². The molecule has 0 spiro atoms. The van der Waals surface area contributed by atoms with Crippen molar-refractivity contribution in [2.24, 2.45) is 5.41 Å². The fraction of sp³-hybridized carbons (Fsp3) is 0.524. The van der Waals surface area contributed by atoms with Crippen LogP contribution in [0, 0.1) is 11.2 Å². The van der Waals surface area contributed by atoms with Crippen LogP contribution in [0.5, 0.6) is 0 Å². The number of rotatable bonds is 4. The standard InChI is InChI=1S/C21H28FN5O/c1-4-14-9-17(26-25-14)20(28)24-18-10-21(2,3)11-19-16(18)12-23-27(19)15-7-5-13(22)6-8-15/h5-8,12,14,17-18,25-26H,4,9-11H2,1-3H3,(H,24,28). The van der Waals surface area contributed by atoms with Crippen molar-refractivity contribution < 1.29 is 9.18 Å². The molecule has 7 heteroatoms. The van der Waals surface area contributed by atoms with E-state index in [9.17, 15) is 9.18 Å². The van der Waals surface area contributed by atoms with E-state index in [1.165, 1.54) is 12.1 Å². The first-order chi connectivity index (χ1) is 13.4. The van der Waals surface area contributed by atoms with Gasteiger partial charge in [0.2, 0.25) is 5.91 Å². The van der Waals surface area contributed by atoms with Gasteiger partial charge in [0, 0.05) is 11.6 Å². The Hall–Kier alpha value is -2.25. The van der Waals surface area contributed by atoms with Gasteiger partial charge in [0.15, 0.2) is 0 Å². The van der Waals surface area contributed by atoms with Crippen LogP contribution in [-0.4, -0.2) is 27.8 Å². The van der Waals surface area contributed by atoms with E-state index >= 15 is 0 Å². The number of fused-ring (bicyclic) bond motifs is 1. The van der Waals surface area contributed by atoms with Crippen molar-refractivity contribution in [3.05, 3.63) is 47.5 Å². The zero-order chi connectivity index (χ0) is 19.9. The Bertz CT molecular complexity index is 860. The zero-order valence-electron chi connectivity index (χ0n) is 16.6. The van der Waals surface area contributed by atoms with Crippen molar-refractivity contribution in [3.8, 4) is 5.69 Å². The highest BCUT2D eigenvalue weighted by atomic mass is 19.1. The van der Waals surface area contributed by atoms with Crippen LogP contribution in [0.4, 0.5) is 4.39 Å². The number of nitrogens with one attached hydrogen (secondary N) is 3. The molecule has 0 radical (unpaired) electrons. The first-order valence-corrected chi connectivity index (χ1v) is 10.0. The Morgan fingerprint density at radius 3 is 2.75 bits per heavy atom. The number of aromatic nitrogens is 2. The number of halogens is 1. The number of carbonyl (C=O) groups is 1. The third-order valence-corrected chi connectivity index (χ3v) is 5.86. The summed E-state index contributed by atoms with van der Waals surface area (Å²) in [6.07, 6.45) is 5.33. The lowest BCUT2D eigenvalue weighted by molar-refractivity contribution is -0.123. The van der Waals surface area contributed by atoms with Crippen LogP contribution in [0.25, 0.3) is 5.69 Å². The quantitative estimate of drug-likeness (QED) is 0.757. The molecule has 1 aliphatic heterocycles. The first-order valence-electron chi connectivity index (χ1n) is 10.0. The Balaban J connectivity index is 1.59. The summed E-state index contributed by atoms with van der Waals surface area (Å²) < 4.78 is 15.2. The van der Waals surface area contributed by atoms with E-state index in [0.717, 1.165) is 42.6 Å². The minimum Gasteiger partial charge on any atom is -0.348 e. The second-order valence-electron chi connectivity index (χ2n) is 8.72. The van der Waals surface area contributed by atoms with Gasteiger partial charge in [0.1, 0.15) is 11.9 Å². The van der Waals surface area contributed by atoms with Crippen molar-refractivity contribution >= 4 is 5.91 Å². The summed E-state index contributed by atoms with van der Waals surface area (Å²) in [4.78, 5) is 12.8. The molecular formula is C21H28FN5O. The van der Waals surface area contributed by atoms with Gasteiger partial charge >= 0.3 is 0 Å². The molecule has 3 atom stereocenters. The molecular weight excluding hydrogens is 357 g/mol. The Labute approximate surface area is 164 Å². The Kier molecular flexibility index (Phi) is 4.97. The lowest BCUT2D eigenvalue weighted by Gasteiger charge is -2.36. The zero-order valence-corrected chi connectivity index (χ0v) is 16.6. The maximum absolute atomic E-state index is 13.3. The summed E-state index contributed by atoms with van der Waals surface area (Å²) in [7, 11) is 0. The van der Waals surface area contributed by atoms with Crippen LogP contribution >= 0.6 is 0 Å². The monoisotopic (exact) mass is 385 g/mol. The van der Waals surface area contributed by atoms with E-state index in [2.05, 4.69) is 42.0 Å². The van der Waals surface area contributed by atoms with E-state index < -0.39 is 0 Å². The lowest BCUT2D eigenvalue weighted by Crippen LogP contribution is -2.46. The first kappa shape index (κ1) is 19.1. The molecule has 4 rings (SSSR count). The second-order valence-corrected chi connectivity index (χ2v) is 8.72. The number of nitrogens with zero attached hydrogens (tertiary/aromatic N) is 2. The molecule has 0 bridgehead atoms. The van der Waals surface area contributed by atoms with Crippen LogP contribution in [0.15, 0.2) is 30.5 Å². The van der Waals surface area contributed by atoms with Crippen LogP contribution in [0.1, 0.15) is 57.3 Å². The van der Waals surface area contributed by atoms with Crippen LogP contribution in [0.3, 0.4) is 0 Å². The number of carbonyl (C=O) groups excluding carboxylic acids is 1. The predicted octanol–water partition coefficient (Wildman–Crippen LogP) is 2.79. The van der Waals surface area contributed by atoms with E-state index in [1.54, 1.807) is 12.1 Å². The van der Waals surface area contributed by atoms with Gasteiger partial charge in [-0.3, -0.25) is 10.2 Å². The molecule has 1 fully saturated rings. The molecule has 1 aromatic carbocycles. The molecule has 1 aliphatic carbocycles. The number of hydrogen-bond donors (Lipinski definition) is 3. The maximum Gasteiger partial charge on any atom is 0.239 e. The SMILES string of the molecule is CCC1CC(C(=O)NC2CC(C)(C)Cc3c2cnn3-c2ccc(F)cc2)NN1. The molecule has 6 nitrogen and oxygen atoms in total. The van der Waals surface area contributed by atoms with E-state index in [4.69, 9.17) is 0 Å². The average molecular weight is 385 g/mol. The van der Waals surface area contributed by atoms with Crippen molar-refractivity contribution in [2.45, 2.75) is 64.6 Å². The highest BCUT2D eigenvalue weighted by Crippen LogP contribution is 2.41. The predicted molar refractivity (Wildman–Crippen MR) is 105 cm³/mol. The largest absolute Gasteiger partial charge is 0.348 e. The molecule has 2 aromatic rings. The van der Waals surface area contributed by atoms with Gasteiger partial charge in [0.25, 0.3) is 0 Å². The van der Waals surface area contributed by atoms with Gasteiger partial charge in [-0.15, -0.1) is 0 Å². The molecule has 150 valence electrons. The number of hydrazine groups is 1. The summed E-state index contributed by atoms with van der Waals surface area (Å²) in [6, 6.07) is 6.39. The Morgan fingerprint density at radius 2 is 2.07 bits per heavy atom. The molecule has 1 amide bonds. The maximum atomic E-state index is 13.3. The molecule has 3 N–H and O–H groups in total. The molecule has 28 heavy (non-hydrogen) atoms. The van der Waals surface area contributed by atoms with E-state index in [0.29, 0.717) is 6.04 Å². The van der Waals surface area contributed by atoms with Gasteiger partial charge in [-0.2, -0.15) is 5.10 Å². The summed E-state index contributed by atoms with van der Waals surface area (Å²) in [5.41, 5.74) is 9.28. The lowest BCUT2D eigenvalue weighted by atomic mass is 9.74. The summed E-state index contributed by atoms with van der Waals surface area (Å²) in [6.45, 7) is 6.53. The van der Waals surface area contributed by atoms with Gasteiger partial charge < -0.3 is 5.32 Å². The number of hydrogen-bond acceptors (Lipinski definition) is 4. The van der Waals surface area contributed by atoms with Gasteiger partial charge in [-0.25, -0.2) is 14.5 Å².